The molecular weight excluding hydrogens is 192 g/mol. The molecule has 1 aliphatic carbocycles. The molecule has 2 heteroatoms. The van der Waals surface area contributed by atoms with E-state index in [0.717, 1.165) is 23.1 Å². The molecule has 10 heavy (non-hydrogen) atoms. The van der Waals surface area contributed by atoms with Crippen molar-refractivity contribution in [3.8, 4) is 0 Å². The zero-order valence-electron chi connectivity index (χ0n) is 5.79. The van der Waals surface area contributed by atoms with Crippen molar-refractivity contribution in [1.29, 1.82) is 0 Å². The highest BCUT2D eigenvalue weighted by molar-refractivity contribution is 9.09. The van der Waals surface area contributed by atoms with Gasteiger partial charge in [-0.25, -0.2) is 0 Å². The van der Waals surface area contributed by atoms with Gasteiger partial charge in [0.25, 0.3) is 0 Å². The second-order valence-electron chi connectivity index (χ2n) is 3.85. The van der Waals surface area contributed by atoms with E-state index < -0.39 is 0 Å². The van der Waals surface area contributed by atoms with E-state index in [2.05, 4.69) is 15.9 Å². The maximum atomic E-state index is 5.81. The summed E-state index contributed by atoms with van der Waals surface area (Å²) in [6.45, 7) is 0. The lowest BCUT2D eigenvalue weighted by molar-refractivity contribution is 0.0638. The Labute approximate surface area is 69.3 Å². The van der Waals surface area contributed by atoms with Crippen LogP contribution in [0.5, 0.6) is 0 Å². The molecule has 1 nitrogen and oxygen atoms in total. The van der Waals surface area contributed by atoms with Crippen molar-refractivity contribution in [3.05, 3.63) is 0 Å². The minimum Gasteiger partial charge on any atom is -0.374 e. The van der Waals surface area contributed by atoms with Crippen LogP contribution in [-0.2, 0) is 4.74 Å². The Morgan fingerprint density at radius 3 is 2.80 bits per heavy atom. The first-order chi connectivity index (χ1) is 4.90. The van der Waals surface area contributed by atoms with Crippen molar-refractivity contribution >= 4 is 15.9 Å². The summed E-state index contributed by atoms with van der Waals surface area (Å²) in [6, 6.07) is 0. The lowest BCUT2D eigenvalue weighted by atomic mass is 9.91. The van der Waals surface area contributed by atoms with E-state index in [4.69, 9.17) is 4.74 Å². The molecule has 0 aromatic rings. The summed E-state index contributed by atoms with van der Waals surface area (Å²) >= 11 is 3.54. The fraction of sp³-hybridized carbons (Fsp3) is 1.00. The third-order valence-electron chi connectivity index (χ3n) is 3.32. The molecule has 56 valence electrons. The number of hydrogen-bond donors (Lipinski definition) is 0. The van der Waals surface area contributed by atoms with Gasteiger partial charge in [0, 0.05) is 5.33 Å². The number of hydrogen-bond acceptors (Lipinski definition) is 1. The molecule has 2 saturated heterocycles. The third kappa shape index (κ3) is 0.578. The molecule has 3 fully saturated rings. The molecule has 3 rings (SSSR count). The lowest BCUT2D eigenvalue weighted by Gasteiger charge is -2.14. The molecule has 0 aromatic heterocycles. The van der Waals surface area contributed by atoms with Crippen LogP contribution in [0, 0.1) is 17.8 Å². The topological polar surface area (TPSA) is 9.23 Å². The first-order valence-electron chi connectivity index (χ1n) is 4.11. The summed E-state index contributed by atoms with van der Waals surface area (Å²) in [6.07, 6.45) is 4.11. The minimum atomic E-state index is 0.648. The van der Waals surface area contributed by atoms with E-state index in [1.807, 2.05) is 0 Å². The van der Waals surface area contributed by atoms with E-state index >= 15 is 0 Å². The molecule has 0 spiro atoms. The van der Waals surface area contributed by atoms with E-state index in [-0.39, 0.29) is 0 Å². The molecule has 2 heterocycles. The average molecular weight is 203 g/mol. The van der Waals surface area contributed by atoms with Crippen molar-refractivity contribution < 1.29 is 4.74 Å². The Balaban J connectivity index is 1.85. The van der Waals surface area contributed by atoms with E-state index in [9.17, 15) is 0 Å². The van der Waals surface area contributed by atoms with Gasteiger partial charge in [-0.3, -0.25) is 0 Å². The minimum absolute atomic E-state index is 0.648. The van der Waals surface area contributed by atoms with Crippen molar-refractivity contribution in [2.75, 3.05) is 5.33 Å². The van der Waals surface area contributed by atoms with Gasteiger partial charge in [0.05, 0.1) is 12.2 Å². The van der Waals surface area contributed by atoms with E-state index in [0.29, 0.717) is 12.2 Å². The summed E-state index contributed by atoms with van der Waals surface area (Å²) in [7, 11) is 0. The van der Waals surface area contributed by atoms with Gasteiger partial charge in [-0.05, 0) is 30.6 Å². The normalized spacial score (nSPS) is 62.7. The Hall–Kier alpha value is 0.440. The Bertz CT molecular complexity index is 171. The quantitative estimate of drug-likeness (QED) is 0.590. The average Bonchev–Trinajstić information content (AvgIpc) is 2.58. The first kappa shape index (κ1) is 6.01. The molecular formula is C8H11BrO. The molecule has 2 bridgehead atoms. The monoisotopic (exact) mass is 202 g/mol. The Kier molecular flexibility index (Phi) is 1.07. The molecule has 0 radical (unpaired) electrons. The first-order valence-corrected chi connectivity index (χ1v) is 5.23. The maximum Gasteiger partial charge on any atom is 0.0647 e. The SMILES string of the molecule is BrC[C@@H]1C[C@@H]2O[C@H]1[C@H]1C[C@H]12. The third-order valence-corrected chi connectivity index (χ3v) is 4.15. The fourth-order valence-corrected chi connectivity index (χ4v) is 3.35. The molecule has 0 unspecified atom stereocenters. The predicted octanol–water partition coefficient (Wildman–Crippen LogP) is 1.80. The van der Waals surface area contributed by atoms with Gasteiger partial charge in [0.2, 0.25) is 0 Å². The van der Waals surface area contributed by atoms with Gasteiger partial charge in [-0.1, -0.05) is 15.9 Å². The largest absolute Gasteiger partial charge is 0.374 e. The fourth-order valence-electron chi connectivity index (χ4n) is 2.72. The van der Waals surface area contributed by atoms with Crippen LogP contribution < -0.4 is 0 Å². The van der Waals surface area contributed by atoms with Crippen LogP contribution in [0.4, 0.5) is 0 Å². The smallest absolute Gasteiger partial charge is 0.0647 e. The molecule has 3 aliphatic rings. The van der Waals surface area contributed by atoms with Crippen LogP contribution in [0.25, 0.3) is 0 Å². The van der Waals surface area contributed by atoms with Crippen molar-refractivity contribution in [3.63, 3.8) is 0 Å². The molecule has 1 saturated carbocycles. The van der Waals surface area contributed by atoms with Crippen LogP contribution in [0.3, 0.4) is 0 Å². The Morgan fingerprint density at radius 1 is 1.30 bits per heavy atom. The zero-order valence-corrected chi connectivity index (χ0v) is 7.38. The van der Waals surface area contributed by atoms with Gasteiger partial charge < -0.3 is 4.74 Å². The van der Waals surface area contributed by atoms with Gasteiger partial charge in [0.1, 0.15) is 0 Å². The Morgan fingerprint density at radius 2 is 2.20 bits per heavy atom. The number of rotatable bonds is 1. The molecule has 0 aromatic carbocycles. The summed E-state index contributed by atoms with van der Waals surface area (Å²) in [5.41, 5.74) is 0. The van der Waals surface area contributed by atoms with Gasteiger partial charge in [-0.15, -0.1) is 0 Å². The maximum absolute atomic E-state index is 5.81. The van der Waals surface area contributed by atoms with Gasteiger partial charge in [-0.2, -0.15) is 0 Å². The second-order valence-corrected chi connectivity index (χ2v) is 4.50. The summed E-state index contributed by atoms with van der Waals surface area (Å²) in [5.74, 6) is 2.80. The highest BCUT2D eigenvalue weighted by Crippen LogP contribution is 2.60. The molecule has 5 atom stereocenters. The molecule has 2 aliphatic heterocycles. The van der Waals surface area contributed by atoms with Crippen molar-refractivity contribution in [1.82, 2.24) is 0 Å². The van der Waals surface area contributed by atoms with Crippen LogP contribution in [0.2, 0.25) is 0 Å². The van der Waals surface area contributed by atoms with Gasteiger partial charge in [0.15, 0.2) is 0 Å². The van der Waals surface area contributed by atoms with Crippen LogP contribution in [0.1, 0.15) is 12.8 Å². The predicted molar refractivity (Wildman–Crippen MR) is 42.2 cm³/mol. The number of fused-ring (bicyclic) bond motifs is 5. The van der Waals surface area contributed by atoms with Crippen LogP contribution >= 0.6 is 15.9 Å². The summed E-state index contributed by atoms with van der Waals surface area (Å²) < 4.78 is 5.81. The number of ether oxygens (including phenoxy) is 1. The van der Waals surface area contributed by atoms with Gasteiger partial charge >= 0.3 is 0 Å². The summed E-state index contributed by atoms with van der Waals surface area (Å²) in [4.78, 5) is 0. The highest BCUT2D eigenvalue weighted by Gasteiger charge is 2.62. The lowest BCUT2D eigenvalue weighted by Crippen LogP contribution is -2.19. The standard InChI is InChI=1S/C8H11BrO/c9-3-4-1-7-5-2-6(5)8(4)10-7/h4-8H,1-3H2/t4-,5+,6-,7-,8+/m0/s1. The van der Waals surface area contributed by atoms with Crippen molar-refractivity contribution in [2.45, 2.75) is 25.0 Å². The highest BCUT2D eigenvalue weighted by atomic mass is 79.9. The molecule has 0 N–H and O–H groups in total. The van der Waals surface area contributed by atoms with E-state index in [1.165, 1.54) is 12.8 Å². The number of alkyl halides is 1. The number of halogens is 1. The second kappa shape index (κ2) is 1.78. The zero-order chi connectivity index (χ0) is 6.72. The summed E-state index contributed by atoms with van der Waals surface area (Å²) in [5, 5.41) is 1.15. The molecule has 0 amide bonds. The van der Waals surface area contributed by atoms with Crippen molar-refractivity contribution in [2.24, 2.45) is 17.8 Å². The van der Waals surface area contributed by atoms with Crippen LogP contribution in [0.15, 0.2) is 0 Å². The van der Waals surface area contributed by atoms with Crippen LogP contribution in [-0.4, -0.2) is 17.5 Å². The van der Waals surface area contributed by atoms with E-state index in [1.54, 1.807) is 0 Å².